The van der Waals surface area contributed by atoms with Gasteiger partial charge < -0.3 is 24.8 Å². The zero-order valence-electron chi connectivity index (χ0n) is 30.0. The monoisotopic (exact) mass is 709 g/mol. The number of β-amino-alcohol motifs (C(OH)–C–C–N with tert-alkyl or cyclic N) is 1. The Hall–Kier alpha value is -5.41. The number of carbonyl (C=O) groups is 1. The average molecular weight is 710 g/mol. The molecule has 8 rings (SSSR count). The van der Waals surface area contributed by atoms with E-state index >= 15 is 0 Å². The number of aromatic nitrogens is 3. The maximum absolute atomic E-state index is 11.6. The Morgan fingerprint density at radius 2 is 1.94 bits per heavy atom. The summed E-state index contributed by atoms with van der Waals surface area (Å²) >= 11 is 0. The van der Waals surface area contributed by atoms with Crippen molar-refractivity contribution in [2.45, 2.75) is 51.3 Å². The summed E-state index contributed by atoms with van der Waals surface area (Å²) in [5.41, 5.74) is 6.43. The van der Waals surface area contributed by atoms with Crippen molar-refractivity contribution in [3.63, 3.8) is 0 Å². The first-order chi connectivity index (χ1) is 25.7. The summed E-state index contributed by atoms with van der Waals surface area (Å²) in [4.78, 5) is 30.8. The molecular formula is C42H43N7O4. The maximum Gasteiger partial charge on any atom is 0.307 e. The van der Waals surface area contributed by atoms with E-state index in [0.29, 0.717) is 61.0 Å². The second kappa shape index (κ2) is 14.2. The van der Waals surface area contributed by atoms with Gasteiger partial charge in [-0.3, -0.25) is 14.7 Å². The summed E-state index contributed by atoms with van der Waals surface area (Å²) in [6.45, 7) is 8.41. The van der Waals surface area contributed by atoms with E-state index in [9.17, 15) is 20.3 Å². The first-order valence-corrected chi connectivity index (χ1v) is 18.4. The molecule has 11 nitrogen and oxygen atoms in total. The Kier molecular flexibility index (Phi) is 9.28. The van der Waals surface area contributed by atoms with Gasteiger partial charge in [0.2, 0.25) is 5.89 Å². The molecule has 2 aromatic carbocycles. The first kappa shape index (κ1) is 34.7. The number of rotatable bonds is 10. The highest BCUT2D eigenvalue weighted by Crippen LogP contribution is 2.46. The lowest BCUT2D eigenvalue weighted by molar-refractivity contribution is -0.141. The van der Waals surface area contributed by atoms with Crippen LogP contribution in [0.15, 0.2) is 83.6 Å². The molecule has 2 saturated heterocycles. The molecule has 0 spiro atoms. The fourth-order valence-corrected chi connectivity index (χ4v) is 8.23. The number of aliphatic hydroxyl groups is 1. The zero-order chi connectivity index (χ0) is 36.7. The van der Waals surface area contributed by atoms with Crippen LogP contribution in [0, 0.1) is 30.1 Å². The van der Waals surface area contributed by atoms with E-state index in [1.165, 1.54) is 0 Å². The molecule has 0 bridgehead atoms. The second-order valence-electron chi connectivity index (χ2n) is 14.8. The molecule has 2 fully saturated rings. The molecule has 2 unspecified atom stereocenters. The highest BCUT2D eigenvalue weighted by molar-refractivity contribution is 5.89. The Morgan fingerprint density at radius 3 is 2.72 bits per heavy atom. The highest BCUT2D eigenvalue weighted by atomic mass is 16.4. The van der Waals surface area contributed by atoms with E-state index in [1.54, 1.807) is 6.20 Å². The summed E-state index contributed by atoms with van der Waals surface area (Å²) in [6, 6.07) is 18.5. The fourth-order valence-electron chi connectivity index (χ4n) is 8.23. The number of nitrogens with one attached hydrogen (secondary N) is 1. The van der Waals surface area contributed by atoms with Gasteiger partial charge in [0.15, 0.2) is 11.4 Å². The molecular weight excluding hydrogens is 667 g/mol. The van der Waals surface area contributed by atoms with Crippen LogP contribution >= 0.6 is 0 Å². The zero-order valence-corrected chi connectivity index (χ0v) is 30.0. The van der Waals surface area contributed by atoms with E-state index in [4.69, 9.17) is 19.4 Å². The number of fused-ring (bicyclic) bond motifs is 2. The van der Waals surface area contributed by atoms with Gasteiger partial charge in [0.1, 0.15) is 22.6 Å². The molecule has 11 heteroatoms. The van der Waals surface area contributed by atoms with Crippen LogP contribution in [0.4, 0.5) is 5.82 Å². The van der Waals surface area contributed by atoms with Crippen LogP contribution in [0.3, 0.4) is 0 Å². The average Bonchev–Trinajstić information content (AvgIpc) is 3.92. The summed E-state index contributed by atoms with van der Waals surface area (Å²) in [6.07, 6.45) is 11.9. The summed E-state index contributed by atoms with van der Waals surface area (Å²) in [5.74, 6) is -0.369. The number of benzene rings is 2. The molecule has 1 aliphatic carbocycles. The van der Waals surface area contributed by atoms with E-state index in [2.05, 4.69) is 65.4 Å². The molecule has 5 heterocycles. The van der Waals surface area contributed by atoms with Crippen LogP contribution in [-0.2, 0) is 23.3 Å². The molecule has 2 aliphatic heterocycles. The molecule has 0 radical (unpaired) electrons. The normalized spacial score (nSPS) is 23.4. The van der Waals surface area contributed by atoms with Crippen molar-refractivity contribution < 1.29 is 19.4 Å². The van der Waals surface area contributed by atoms with E-state index in [-0.39, 0.29) is 17.9 Å². The third-order valence-corrected chi connectivity index (χ3v) is 11.2. The smallest absolute Gasteiger partial charge is 0.307 e. The van der Waals surface area contributed by atoms with Crippen LogP contribution in [0.5, 0.6) is 0 Å². The topological polar surface area (TPSA) is 152 Å². The molecule has 3 N–H and O–H groups in total. The van der Waals surface area contributed by atoms with Crippen molar-refractivity contribution in [2.24, 2.45) is 11.8 Å². The number of oxazole rings is 1. The van der Waals surface area contributed by atoms with Crippen LogP contribution in [0.1, 0.15) is 53.5 Å². The third-order valence-electron chi connectivity index (χ3n) is 11.2. The van der Waals surface area contributed by atoms with Crippen molar-refractivity contribution >= 4 is 39.4 Å². The van der Waals surface area contributed by atoms with Crippen molar-refractivity contribution in [3.05, 3.63) is 113 Å². The predicted molar refractivity (Wildman–Crippen MR) is 203 cm³/mol. The summed E-state index contributed by atoms with van der Waals surface area (Å²) < 4.78 is 6.65. The lowest BCUT2D eigenvalue weighted by Crippen LogP contribution is -2.42. The number of hydrogen-bond acceptors (Lipinski definition) is 10. The minimum Gasteiger partial charge on any atom is -0.481 e. The number of pyridine rings is 2. The maximum atomic E-state index is 11.6. The molecule has 270 valence electrons. The number of carboxylic acids is 1. The van der Waals surface area contributed by atoms with Gasteiger partial charge in [-0.1, -0.05) is 43.3 Å². The number of likely N-dealkylation sites (tertiary alicyclic amines) is 2. The number of hydrogen-bond donors (Lipinski definition) is 3. The molecule has 0 amide bonds. The molecule has 5 aromatic rings. The highest BCUT2D eigenvalue weighted by Gasteiger charge is 2.45. The van der Waals surface area contributed by atoms with Crippen molar-refractivity contribution in [1.29, 1.82) is 5.26 Å². The number of allylic oxidation sites excluding steroid dienone is 2. The van der Waals surface area contributed by atoms with E-state index < -0.39 is 11.5 Å². The van der Waals surface area contributed by atoms with Crippen LogP contribution in [0.2, 0.25) is 0 Å². The van der Waals surface area contributed by atoms with Gasteiger partial charge in [-0.25, -0.2) is 9.97 Å². The Balaban J connectivity index is 1.18. The molecule has 4 atom stereocenters. The number of aryl methyl sites for hydroxylation is 1. The van der Waals surface area contributed by atoms with Crippen molar-refractivity contribution in [1.82, 2.24) is 24.8 Å². The number of nitriles is 1. The molecule has 3 aliphatic rings. The molecule has 0 saturated carbocycles. The predicted octanol–water partition coefficient (Wildman–Crippen LogP) is 6.06. The first-order valence-electron chi connectivity index (χ1n) is 18.4. The number of aliphatic carboxylic acids is 1. The number of anilines is 1. The van der Waals surface area contributed by atoms with Gasteiger partial charge in [0, 0.05) is 56.4 Å². The minimum atomic E-state index is -1.01. The Bertz CT molecular complexity index is 2310. The number of aliphatic hydroxyl groups excluding tert-OH is 1. The molecule has 53 heavy (non-hydrogen) atoms. The van der Waals surface area contributed by atoms with Gasteiger partial charge >= 0.3 is 5.97 Å². The lowest BCUT2D eigenvalue weighted by atomic mass is 9.73. The fraction of sp³-hybridized carbons (Fsp3) is 0.357. The molecule has 3 aromatic heterocycles. The van der Waals surface area contributed by atoms with Gasteiger partial charge in [-0.05, 0) is 90.9 Å². The van der Waals surface area contributed by atoms with E-state index in [0.717, 1.165) is 64.7 Å². The Labute approximate surface area is 308 Å². The minimum absolute atomic E-state index is 0.198. The number of carboxylic acid groups (broad SMARTS) is 1. The SMILES string of the molecule is Cc1ccccc1C1=CC=CC(Nc2nccc3cc(CCN4CC[C@@H](O)C4)cnc23)(c2nc3cc(CN4CC[C@@H](C(=O)O)C4)cc(C#N)c3o2)C1C. The van der Waals surface area contributed by atoms with E-state index in [1.807, 2.05) is 42.6 Å². The van der Waals surface area contributed by atoms with Gasteiger partial charge in [0.25, 0.3) is 0 Å². The van der Waals surface area contributed by atoms with Gasteiger partial charge in [0.05, 0.1) is 17.6 Å². The summed E-state index contributed by atoms with van der Waals surface area (Å²) in [7, 11) is 0. The van der Waals surface area contributed by atoms with Gasteiger partial charge in [-0.15, -0.1) is 0 Å². The largest absolute Gasteiger partial charge is 0.481 e. The third kappa shape index (κ3) is 6.70. The van der Waals surface area contributed by atoms with Crippen LogP contribution in [-0.4, -0.2) is 79.8 Å². The van der Waals surface area contributed by atoms with Crippen molar-refractivity contribution in [2.75, 3.05) is 38.0 Å². The van der Waals surface area contributed by atoms with Crippen LogP contribution < -0.4 is 5.32 Å². The number of nitrogens with zero attached hydrogens (tertiary/aromatic N) is 6. The Morgan fingerprint density at radius 1 is 1.09 bits per heavy atom. The summed E-state index contributed by atoms with van der Waals surface area (Å²) in [5, 5.41) is 34.5. The van der Waals surface area contributed by atoms with Crippen LogP contribution in [0.25, 0.3) is 27.6 Å². The lowest BCUT2D eigenvalue weighted by Gasteiger charge is -2.39. The second-order valence-corrected chi connectivity index (χ2v) is 14.8. The van der Waals surface area contributed by atoms with Crippen molar-refractivity contribution in [3.8, 4) is 6.07 Å². The van der Waals surface area contributed by atoms with Gasteiger partial charge in [-0.2, -0.15) is 5.26 Å². The standard InChI is InChI=1S/C42H43N7O4/c1-26-6-3-4-7-34(26)35-8-5-13-42(27(35)2,47-39-37-30(9-14-44-39)18-28(22-45-37)10-15-48-17-12-33(50)25-48)41-46-36-20-29(19-32(21-43)38(36)53-41)23-49-16-11-31(24-49)40(51)52/h3-9,13-14,18-20,22,27,31,33,50H,10-12,15-17,23-25H2,1-2H3,(H,44,47)(H,51,52)/t27?,31-,33-,42?/m1/s1. The quantitative estimate of drug-likeness (QED) is 0.155.